The molecular weight excluding hydrogens is 388 g/mol. The molecule has 4 heteroatoms. The van der Waals surface area contributed by atoms with Gasteiger partial charge in [-0.25, -0.2) is 0 Å². The lowest BCUT2D eigenvalue weighted by Crippen LogP contribution is -2.63. The molecular formula is C27H48O4. The van der Waals surface area contributed by atoms with E-state index in [0.717, 1.165) is 38.7 Å². The lowest BCUT2D eigenvalue weighted by molar-refractivity contribution is -0.217. The first-order chi connectivity index (χ1) is 14.2. The fraction of sp³-hybridized carbons (Fsp3) is 0.926. The van der Waals surface area contributed by atoms with E-state index in [4.69, 9.17) is 4.74 Å². The highest BCUT2D eigenvalue weighted by atomic mass is 16.5. The molecule has 5 rings (SSSR count). The van der Waals surface area contributed by atoms with Gasteiger partial charge in [-0.3, -0.25) is 0 Å². The molecule has 5 aliphatic rings. The quantitative estimate of drug-likeness (QED) is 0.462. The first kappa shape index (κ1) is 25.2. The number of hydrogen-bond acceptors (Lipinski definition) is 4. The maximum absolute atomic E-state index is 11.1. The number of aliphatic hydroxyl groups is 3. The van der Waals surface area contributed by atoms with Crippen molar-refractivity contribution in [3.63, 3.8) is 0 Å². The van der Waals surface area contributed by atoms with Gasteiger partial charge in [0.15, 0.2) is 0 Å². The number of rotatable bonds is 0. The van der Waals surface area contributed by atoms with Gasteiger partial charge >= 0.3 is 0 Å². The molecule has 180 valence electrons. The Labute approximate surface area is 190 Å². The minimum Gasteiger partial charge on any atom is -0.393 e. The van der Waals surface area contributed by atoms with Crippen LogP contribution in [0.25, 0.3) is 0 Å². The molecule has 0 bridgehead atoms. The van der Waals surface area contributed by atoms with E-state index >= 15 is 0 Å². The van der Waals surface area contributed by atoms with E-state index in [1.165, 1.54) is 19.3 Å². The lowest BCUT2D eigenvalue weighted by atomic mass is 9.43. The third-order valence-corrected chi connectivity index (χ3v) is 10.1. The van der Waals surface area contributed by atoms with Crippen LogP contribution in [0.5, 0.6) is 0 Å². The van der Waals surface area contributed by atoms with Crippen molar-refractivity contribution in [2.75, 3.05) is 6.61 Å². The molecule has 4 aliphatic carbocycles. The second-order valence-corrected chi connectivity index (χ2v) is 11.4. The summed E-state index contributed by atoms with van der Waals surface area (Å²) in [5.74, 6) is 1.25. The van der Waals surface area contributed by atoms with E-state index in [1.807, 2.05) is 0 Å². The monoisotopic (exact) mass is 436 g/mol. The Bertz CT molecular complexity index is 641. The van der Waals surface area contributed by atoms with E-state index in [0.29, 0.717) is 24.4 Å². The van der Waals surface area contributed by atoms with Crippen molar-refractivity contribution in [1.82, 2.24) is 0 Å². The molecule has 4 nitrogen and oxygen atoms in total. The Morgan fingerprint density at radius 1 is 0.935 bits per heavy atom. The Hall–Kier alpha value is -0.420. The van der Waals surface area contributed by atoms with Crippen molar-refractivity contribution in [3.05, 3.63) is 11.6 Å². The van der Waals surface area contributed by atoms with E-state index in [9.17, 15) is 15.3 Å². The summed E-state index contributed by atoms with van der Waals surface area (Å²) in [7, 11) is 0. The summed E-state index contributed by atoms with van der Waals surface area (Å²) >= 11 is 0. The predicted molar refractivity (Wildman–Crippen MR) is 126 cm³/mol. The predicted octanol–water partition coefficient (Wildman–Crippen LogP) is 5.10. The molecule has 0 aromatic rings. The maximum Gasteiger partial charge on any atom is 0.0836 e. The van der Waals surface area contributed by atoms with Gasteiger partial charge in [0, 0.05) is 6.61 Å². The van der Waals surface area contributed by atoms with Gasteiger partial charge in [0.2, 0.25) is 0 Å². The molecule has 10 atom stereocenters. The Morgan fingerprint density at radius 2 is 1.68 bits per heavy atom. The molecule has 0 spiro atoms. The van der Waals surface area contributed by atoms with Gasteiger partial charge in [0.25, 0.3) is 0 Å². The summed E-state index contributed by atoms with van der Waals surface area (Å²) in [6, 6.07) is 0. The van der Waals surface area contributed by atoms with Crippen molar-refractivity contribution in [2.24, 2.45) is 34.5 Å². The highest BCUT2D eigenvalue weighted by Gasteiger charge is 2.63. The highest BCUT2D eigenvalue weighted by molar-refractivity contribution is 5.25. The smallest absolute Gasteiger partial charge is 0.0836 e. The summed E-state index contributed by atoms with van der Waals surface area (Å²) in [4.78, 5) is 0. The van der Waals surface area contributed by atoms with Crippen LogP contribution in [0.3, 0.4) is 0 Å². The van der Waals surface area contributed by atoms with E-state index in [2.05, 4.69) is 33.8 Å². The van der Waals surface area contributed by atoms with Crippen LogP contribution in [-0.4, -0.2) is 46.3 Å². The zero-order chi connectivity index (χ0) is 21.7. The van der Waals surface area contributed by atoms with Crippen LogP contribution in [-0.2, 0) is 4.74 Å². The molecule has 1 saturated heterocycles. The largest absolute Gasteiger partial charge is 0.393 e. The van der Waals surface area contributed by atoms with E-state index in [-0.39, 0.29) is 36.2 Å². The fourth-order valence-electron chi connectivity index (χ4n) is 8.30. The van der Waals surface area contributed by atoms with Gasteiger partial charge in [-0.2, -0.15) is 0 Å². The molecule has 1 aliphatic heterocycles. The topological polar surface area (TPSA) is 69.9 Å². The van der Waals surface area contributed by atoms with Gasteiger partial charge in [-0.15, -0.1) is 0 Å². The SMILES string of the molecule is C.C/C=C1/CCC2C3C(CC[C@]12C)[C@@]1(C)CC[C@@H](O)CC1[C@@H](O)[C@@H]3O.CC1CCCO1. The van der Waals surface area contributed by atoms with Crippen molar-refractivity contribution in [1.29, 1.82) is 0 Å². The molecule has 1 heterocycles. The summed E-state index contributed by atoms with van der Waals surface area (Å²) in [6.07, 6.45) is 10.9. The van der Waals surface area contributed by atoms with Crippen LogP contribution < -0.4 is 0 Å². The molecule has 4 saturated carbocycles. The third-order valence-electron chi connectivity index (χ3n) is 10.1. The van der Waals surface area contributed by atoms with E-state index < -0.39 is 12.2 Å². The first-order valence-electron chi connectivity index (χ1n) is 12.5. The standard InChI is InChI=1S/C21H34O3.C5H10O.CH4/c1-4-12-5-6-14-17-15(8-10-20(12,14)2)21(3)9-7-13(22)11-16(21)18(23)19(17)24;1-5-3-2-4-6-5;/h4,13-19,22-24H,5-11H2,1-3H3;5H,2-4H2,1H3;1H4/b12-4-;;/t13-,14?,15?,16?,17?,18-,19-,20-,21-;;/m1../s1. The van der Waals surface area contributed by atoms with Crippen LogP contribution >= 0.6 is 0 Å². The van der Waals surface area contributed by atoms with E-state index in [1.54, 1.807) is 5.57 Å². The number of hydrogen-bond donors (Lipinski definition) is 3. The molecule has 3 N–H and O–H groups in total. The normalized spacial score (nSPS) is 52.3. The second-order valence-electron chi connectivity index (χ2n) is 11.4. The van der Waals surface area contributed by atoms with Crippen LogP contribution in [0.1, 0.15) is 92.9 Å². The number of ether oxygens (including phenoxy) is 1. The summed E-state index contributed by atoms with van der Waals surface area (Å²) in [6.45, 7) is 9.99. The van der Waals surface area contributed by atoms with Gasteiger partial charge in [0.05, 0.1) is 24.4 Å². The van der Waals surface area contributed by atoms with Gasteiger partial charge < -0.3 is 20.1 Å². The molecule has 31 heavy (non-hydrogen) atoms. The van der Waals surface area contributed by atoms with Gasteiger partial charge in [-0.1, -0.05) is 32.9 Å². The molecule has 0 amide bonds. The molecule has 5 fully saturated rings. The summed E-state index contributed by atoms with van der Waals surface area (Å²) < 4.78 is 5.15. The Balaban J connectivity index is 0.000000338. The Morgan fingerprint density at radius 3 is 2.26 bits per heavy atom. The molecule has 5 unspecified atom stereocenters. The third kappa shape index (κ3) is 4.16. The minimum absolute atomic E-state index is 0. The summed E-state index contributed by atoms with van der Waals surface area (Å²) in [5, 5.41) is 32.1. The minimum atomic E-state index is -0.678. The van der Waals surface area contributed by atoms with Crippen molar-refractivity contribution in [2.45, 2.75) is 117 Å². The van der Waals surface area contributed by atoms with Crippen molar-refractivity contribution >= 4 is 0 Å². The zero-order valence-corrected chi connectivity index (χ0v) is 19.5. The maximum atomic E-state index is 11.1. The van der Waals surface area contributed by atoms with Crippen LogP contribution in [0.2, 0.25) is 0 Å². The fourth-order valence-corrected chi connectivity index (χ4v) is 8.30. The average Bonchev–Trinajstić information content (AvgIpc) is 3.33. The number of fused-ring (bicyclic) bond motifs is 5. The highest BCUT2D eigenvalue weighted by Crippen LogP contribution is 2.67. The van der Waals surface area contributed by atoms with Crippen molar-refractivity contribution in [3.8, 4) is 0 Å². The Kier molecular flexibility index (Phi) is 7.68. The molecule has 0 aromatic carbocycles. The van der Waals surface area contributed by atoms with Gasteiger partial charge in [-0.05, 0) is 106 Å². The average molecular weight is 437 g/mol. The zero-order valence-electron chi connectivity index (χ0n) is 19.5. The lowest BCUT2D eigenvalue weighted by Gasteiger charge is -2.63. The number of aliphatic hydroxyl groups excluding tert-OH is 3. The molecule has 0 aromatic heterocycles. The summed E-state index contributed by atoms with van der Waals surface area (Å²) in [5.41, 5.74) is 1.86. The van der Waals surface area contributed by atoms with Crippen LogP contribution in [0.4, 0.5) is 0 Å². The second kappa shape index (κ2) is 9.44. The van der Waals surface area contributed by atoms with Gasteiger partial charge in [0.1, 0.15) is 0 Å². The first-order valence-corrected chi connectivity index (χ1v) is 12.5. The van der Waals surface area contributed by atoms with Crippen LogP contribution in [0.15, 0.2) is 11.6 Å². The molecule has 0 radical (unpaired) electrons. The number of allylic oxidation sites excluding steroid dienone is 2. The van der Waals surface area contributed by atoms with Crippen molar-refractivity contribution < 1.29 is 20.1 Å². The van der Waals surface area contributed by atoms with Crippen LogP contribution in [0, 0.1) is 34.5 Å².